The Balaban J connectivity index is 1.93. The highest BCUT2D eigenvalue weighted by molar-refractivity contribution is 7.16. The van der Waals surface area contributed by atoms with Crippen molar-refractivity contribution >= 4 is 39.0 Å². The van der Waals surface area contributed by atoms with Crippen LogP contribution in [0.5, 0.6) is 0 Å². The normalized spacial score (nSPS) is 12.5. The highest BCUT2D eigenvalue weighted by Crippen LogP contribution is 2.27. The summed E-state index contributed by atoms with van der Waals surface area (Å²) >= 11 is 7.68. The van der Waals surface area contributed by atoms with Gasteiger partial charge in [0.1, 0.15) is 17.0 Å². The molecule has 3 rings (SSSR count). The van der Waals surface area contributed by atoms with E-state index < -0.39 is 0 Å². The second-order valence-corrected chi connectivity index (χ2v) is 5.33. The molecule has 3 nitrogen and oxygen atoms in total. The first-order chi connectivity index (χ1) is 9.38. The summed E-state index contributed by atoms with van der Waals surface area (Å²) in [7, 11) is 0. The predicted octanol–water partition coefficient (Wildman–Crippen LogP) is 4.08. The Labute approximate surface area is 120 Å². The standard InChI is InChI=1S/C14H12ClN3S/c15-8-12(10-4-2-1-3-5-10)18-13-11-6-7-19-14(11)17-9-16-13/h1-7,9,12H,8H2,(H,16,17,18). The third kappa shape index (κ3) is 2.55. The second-order valence-electron chi connectivity index (χ2n) is 4.12. The lowest BCUT2D eigenvalue weighted by Gasteiger charge is -2.17. The van der Waals surface area contributed by atoms with Gasteiger partial charge in [0.2, 0.25) is 0 Å². The van der Waals surface area contributed by atoms with Crippen molar-refractivity contribution in [2.75, 3.05) is 11.2 Å². The summed E-state index contributed by atoms with van der Waals surface area (Å²) in [5.74, 6) is 1.32. The van der Waals surface area contributed by atoms with E-state index in [-0.39, 0.29) is 6.04 Å². The van der Waals surface area contributed by atoms with Crippen LogP contribution < -0.4 is 5.32 Å². The molecule has 2 aromatic heterocycles. The number of hydrogen-bond donors (Lipinski definition) is 1. The van der Waals surface area contributed by atoms with E-state index >= 15 is 0 Å². The number of benzene rings is 1. The minimum atomic E-state index is 0.0425. The van der Waals surface area contributed by atoms with Crippen LogP contribution in [0.2, 0.25) is 0 Å². The zero-order valence-electron chi connectivity index (χ0n) is 10.1. The number of nitrogens with zero attached hydrogens (tertiary/aromatic N) is 2. The molecule has 1 atom stereocenters. The van der Waals surface area contributed by atoms with E-state index in [0.29, 0.717) is 5.88 Å². The molecule has 0 aliphatic heterocycles. The maximum absolute atomic E-state index is 6.07. The van der Waals surface area contributed by atoms with Gasteiger partial charge >= 0.3 is 0 Å². The largest absolute Gasteiger partial charge is 0.361 e. The fourth-order valence-electron chi connectivity index (χ4n) is 1.97. The molecule has 19 heavy (non-hydrogen) atoms. The van der Waals surface area contributed by atoms with Crippen LogP contribution >= 0.6 is 22.9 Å². The van der Waals surface area contributed by atoms with Gasteiger partial charge in [0.25, 0.3) is 0 Å². The van der Waals surface area contributed by atoms with Crippen molar-refractivity contribution < 1.29 is 0 Å². The van der Waals surface area contributed by atoms with E-state index in [9.17, 15) is 0 Å². The van der Waals surface area contributed by atoms with E-state index in [1.807, 2.05) is 29.6 Å². The molecule has 1 aromatic carbocycles. The Morgan fingerprint density at radius 1 is 1.16 bits per heavy atom. The first kappa shape index (κ1) is 12.4. The van der Waals surface area contributed by atoms with Crippen molar-refractivity contribution in [3.63, 3.8) is 0 Å². The summed E-state index contributed by atoms with van der Waals surface area (Å²) in [4.78, 5) is 9.55. The quantitative estimate of drug-likeness (QED) is 0.735. The molecule has 0 radical (unpaired) electrons. The summed E-state index contributed by atoms with van der Waals surface area (Å²) in [5.41, 5.74) is 1.15. The number of hydrogen-bond acceptors (Lipinski definition) is 4. The van der Waals surface area contributed by atoms with Gasteiger partial charge in [0, 0.05) is 5.88 Å². The van der Waals surface area contributed by atoms with Crippen molar-refractivity contribution in [1.82, 2.24) is 9.97 Å². The number of nitrogens with one attached hydrogen (secondary N) is 1. The minimum Gasteiger partial charge on any atom is -0.361 e. The summed E-state index contributed by atoms with van der Waals surface area (Å²) < 4.78 is 0. The van der Waals surface area contributed by atoms with Crippen molar-refractivity contribution in [3.05, 3.63) is 53.7 Å². The molecular formula is C14H12ClN3S. The Bertz CT molecular complexity index is 669. The minimum absolute atomic E-state index is 0.0425. The maximum Gasteiger partial charge on any atom is 0.138 e. The lowest BCUT2D eigenvalue weighted by Crippen LogP contribution is -2.13. The zero-order chi connectivity index (χ0) is 13.1. The summed E-state index contributed by atoms with van der Waals surface area (Å²) in [6.07, 6.45) is 1.58. The number of fused-ring (bicyclic) bond motifs is 1. The van der Waals surface area contributed by atoms with Crippen LogP contribution in [0, 0.1) is 0 Å². The van der Waals surface area contributed by atoms with Gasteiger partial charge in [-0.05, 0) is 17.0 Å². The number of halogens is 1. The Morgan fingerprint density at radius 2 is 2.00 bits per heavy atom. The summed E-state index contributed by atoms with van der Waals surface area (Å²) in [5, 5.41) is 6.45. The van der Waals surface area contributed by atoms with E-state index in [4.69, 9.17) is 11.6 Å². The van der Waals surface area contributed by atoms with Crippen molar-refractivity contribution in [1.29, 1.82) is 0 Å². The van der Waals surface area contributed by atoms with Crippen LogP contribution in [-0.4, -0.2) is 15.8 Å². The Kier molecular flexibility index (Phi) is 3.62. The van der Waals surface area contributed by atoms with Gasteiger partial charge in [-0.2, -0.15) is 0 Å². The third-order valence-electron chi connectivity index (χ3n) is 2.93. The van der Waals surface area contributed by atoms with Gasteiger partial charge in [-0.15, -0.1) is 22.9 Å². The highest BCUT2D eigenvalue weighted by atomic mass is 35.5. The van der Waals surface area contributed by atoms with Gasteiger partial charge in [0.15, 0.2) is 0 Å². The number of alkyl halides is 1. The molecule has 0 spiro atoms. The second kappa shape index (κ2) is 5.55. The molecule has 0 fully saturated rings. The number of thiophene rings is 1. The van der Waals surface area contributed by atoms with Crippen LogP contribution in [0.4, 0.5) is 5.82 Å². The van der Waals surface area contributed by atoms with Gasteiger partial charge in [-0.25, -0.2) is 9.97 Å². The van der Waals surface area contributed by atoms with Crippen LogP contribution in [0.25, 0.3) is 10.2 Å². The number of rotatable bonds is 4. The smallest absolute Gasteiger partial charge is 0.138 e. The zero-order valence-corrected chi connectivity index (χ0v) is 11.7. The molecule has 0 aliphatic rings. The molecular weight excluding hydrogens is 278 g/mol. The van der Waals surface area contributed by atoms with Crippen molar-refractivity contribution in [2.24, 2.45) is 0 Å². The maximum atomic E-state index is 6.07. The molecule has 0 aliphatic carbocycles. The van der Waals surface area contributed by atoms with Crippen LogP contribution in [-0.2, 0) is 0 Å². The lowest BCUT2D eigenvalue weighted by molar-refractivity contribution is 0.884. The predicted molar refractivity (Wildman–Crippen MR) is 80.9 cm³/mol. The van der Waals surface area contributed by atoms with Gasteiger partial charge in [0.05, 0.1) is 11.4 Å². The molecule has 2 heterocycles. The lowest BCUT2D eigenvalue weighted by atomic mass is 10.1. The van der Waals surface area contributed by atoms with Crippen molar-refractivity contribution in [2.45, 2.75) is 6.04 Å². The Hall–Kier alpha value is -1.65. The number of aromatic nitrogens is 2. The third-order valence-corrected chi connectivity index (χ3v) is 4.06. The molecule has 96 valence electrons. The molecule has 0 saturated carbocycles. The monoisotopic (exact) mass is 289 g/mol. The van der Waals surface area contributed by atoms with Gasteiger partial charge in [-0.3, -0.25) is 0 Å². The fourth-order valence-corrected chi connectivity index (χ4v) is 2.95. The van der Waals surface area contributed by atoms with Crippen LogP contribution in [0.1, 0.15) is 11.6 Å². The topological polar surface area (TPSA) is 37.8 Å². The van der Waals surface area contributed by atoms with Crippen molar-refractivity contribution in [3.8, 4) is 0 Å². The molecule has 5 heteroatoms. The SMILES string of the molecule is ClCC(Nc1ncnc2sccc12)c1ccccc1. The van der Waals surface area contributed by atoms with E-state index in [0.717, 1.165) is 21.6 Å². The summed E-state index contributed by atoms with van der Waals surface area (Å²) in [6.45, 7) is 0. The van der Waals surface area contributed by atoms with E-state index in [1.165, 1.54) is 0 Å². The fraction of sp³-hybridized carbons (Fsp3) is 0.143. The highest BCUT2D eigenvalue weighted by Gasteiger charge is 2.12. The van der Waals surface area contributed by atoms with E-state index in [2.05, 4.69) is 27.4 Å². The Morgan fingerprint density at radius 3 is 2.79 bits per heavy atom. The van der Waals surface area contributed by atoms with Crippen LogP contribution in [0.15, 0.2) is 48.1 Å². The average Bonchev–Trinajstić information content (AvgIpc) is 2.95. The van der Waals surface area contributed by atoms with Gasteiger partial charge < -0.3 is 5.32 Å². The molecule has 0 saturated heterocycles. The van der Waals surface area contributed by atoms with E-state index in [1.54, 1.807) is 17.7 Å². The molecule has 1 N–H and O–H groups in total. The van der Waals surface area contributed by atoms with Crippen LogP contribution in [0.3, 0.4) is 0 Å². The first-order valence-electron chi connectivity index (χ1n) is 5.94. The molecule has 3 aromatic rings. The molecule has 0 amide bonds. The number of anilines is 1. The van der Waals surface area contributed by atoms with Gasteiger partial charge in [-0.1, -0.05) is 30.3 Å². The average molecular weight is 290 g/mol. The molecule has 1 unspecified atom stereocenters. The summed E-state index contributed by atoms with van der Waals surface area (Å²) in [6, 6.07) is 12.2. The first-order valence-corrected chi connectivity index (χ1v) is 7.35. The molecule has 0 bridgehead atoms.